The lowest BCUT2D eigenvalue weighted by molar-refractivity contribution is -0.114. The summed E-state index contributed by atoms with van der Waals surface area (Å²) in [5.41, 5.74) is 1.72. The molecule has 0 aliphatic carbocycles. The van der Waals surface area contributed by atoms with E-state index in [9.17, 15) is 4.79 Å². The van der Waals surface area contributed by atoms with Crippen LogP contribution in [0.3, 0.4) is 0 Å². The fourth-order valence-corrected chi connectivity index (χ4v) is 2.80. The zero-order valence-corrected chi connectivity index (χ0v) is 13.1. The van der Waals surface area contributed by atoms with Crippen LogP contribution in [0.4, 0.5) is 11.4 Å². The summed E-state index contributed by atoms with van der Waals surface area (Å²) in [6.07, 6.45) is 2.55. The highest BCUT2D eigenvalue weighted by Crippen LogP contribution is 2.28. The van der Waals surface area contributed by atoms with Crippen LogP contribution < -0.4 is 15.4 Å². The Balaban J connectivity index is 1.95. The quantitative estimate of drug-likeness (QED) is 0.875. The molecule has 1 aliphatic heterocycles. The third kappa shape index (κ3) is 4.63. The number of hydrogen-bond donors (Lipinski definition) is 2. The number of nitrogens with zero attached hydrogens (tertiary/aromatic N) is 1. The third-order valence-corrected chi connectivity index (χ3v) is 3.83. The van der Waals surface area contributed by atoms with Crippen molar-refractivity contribution in [2.45, 2.75) is 19.8 Å². The average molecular weight is 291 g/mol. The SMILES string of the molecule is COc1cc(NCC2CCCN(C)C2)ccc1NC(C)=O. The van der Waals surface area contributed by atoms with Crippen LogP contribution in [0.1, 0.15) is 19.8 Å². The molecule has 21 heavy (non-hydrogen) atoms. The largest absolute Gasteiger partial charge is 0.494 e. The number of rotatable bonds is 5. The standard InChI is InChI=1S/C16H25N3O2/c1-12(20)18-15-7-6-14(9-16(15)21-3)17-10-13-5-4-8-19(2)11-13/h6-7,9,13,17H,4-5,8,10-11H2,1-3H3,(H,18,20). The predicted molar refractivity (Wildman–Crippen MR) is 86.0 cm³/mol. The molecule has 1 heterocycles. The number of carbonyl (C=O) groups excluding carboxylic acids is 1. The molecule has 0 radical (unpaired) electrons. The maximum absolute atomic E-state index is 11.1. The van der Waals surface area contributed by atoms with E-state index in [0.29, 0.717) is 17.4 Å². The second-order valence-electron chi connectivity index (χ2n) is 5.75. The van der Waals surface area contributed by atoms with Crippen molar-refractivity contribution in [2.24, 2.45) is 5.92 Å². The van der Waals surface area contributed by atoms with Crippen LogP contribution in [0.2, 0.25) is 0 Å². The summed E-state index contributed by atoms with van der Waals surface area (Å²) >= 11 is 0. The highest BCUT2D eigenvalue weighted by atomic mass is 16.5. The maximum atomic E-state index is 11.1. The van der Waals surface area contributed by atoms with E-state index in [0.717, 1.165) is 18.8 Å². The molecule has 0 spiro atoms. The van der Waals surface area contributed by atoms with Gasteiger partial charge in [-0.25, -0.2) is 0 Å². The minimum Gasteiger partial charge on any atom is -0.494 e. The van der Waals surface area contributed by atoms with Crippen LogP contribution >= 0.6 is 0 Å². The molecule has 0 aromatic heterocycles. The first-order valence-electron chi connectivity index (χ1n) is 7.46. The monoisotopic (exact) mass is 291 g/mol. The number of ether oxygens (including phenoxy) is 1. The van der Waals surface area contributed by atoms with E-state index in [1.807, 2.05) is 18.2 Å². The van der Waals surface area contributed by atoms with Crippen molar-refractivity contribution in [1.29, 1.82) is 0 Å². The van der Waals surface area contributed by atoms with Gasteiger partial charge in [-0.05, 0) is 44.5 Å². The van der Waals surface area contributed by atoms with Gasteiger partial charge in [0.15, 0.2) is 0 Å². The number of benzene rings is 1. The van der Waals surface area contributed by atoms with Crippen LogP contribution in [0, 0.1) is 5.92 Å². The fraction of sp³-hybridized carbons (Fsp3) is 0.562. The van der Waals surface area contributed by atoms with Gasteiger partial charge < -0.3 is 20.3 Å². The van der Waals surface area contributed by atoms with E-state index in [4.69, 9.17) is 4.74 Å². The van der Waals surface area contributed by atoms with E-state index < -0.39 is 0 Å². The first-order valence-corrected chi connectivity index (χ1v) is 7.46. The van der Waals surface area contributed by atoms with Crippen LogP contribution in [0.5, 0.6) is 5.75 Å². The lowest BCUT2D eigenvalue weighted by Gasteiger charge is -2.30. The van der Waals surface area contributed by atoms with Crippen molar-refractivity contribution in [3.63, 3.8) is 0 Å². The van der Waals surface area contributed by atoms with E-state index in [1.165, 1.54) is 26.3 Å². The summed E-state index contributed by atoms with van der Waals surface area (Å²) in [5.74, 6) is 1.26. The topological polar surface area (TPSA) is 53.6 Å². The molecule has 1 aliphatic rings. The third-order valence-electron chi connectivity index (χ3n) is 3.83. The summed E-state index contributed by atoms with van der Waals surface area (Å²) in [6, 6.07) is 5.77. The van der Waals surface area contributed by atoms with Gasteiger partial charge in [-0.15, -0.1) is 0 Å². The molecule has 1 aromatic carbocycles. The van der Waals surface area contributed by atoms with Gasteiger partial charge in [-0.2, -0.15) is 0 Å². The molecule has 0 saturated carbocycles. The number of amides is 1. The summed E-state index contributed by atoms with van der Waals surface area (Å²) in [7, 11) is 3.79. The number of anilines is 2. The van der Waals surface area contributed by atoms with Crippen LogP contribution in [-0.4, -0.2) is 44.6 Å². The summed E-state index contributed by atoms with van der Waals surface area (Å²) in [4.78, 5) is 13.5. The minimum atomic E-state index is -0.0979. The number of carbonyl (C=O) groups is 1. The molecule has 2 rings (SSSR count). The molecular formula is C16H25N3O2. The molecule has 2 N–H and O–H groups in total. The van der Waals surface area contributed by atoms with Crippen LogP contribution in [0.15, 0.2) is 18.2 Å². The van der Waals surface area contributed by atoms with Gasteiger partial charge in [-0.3, -0.25) is 4.79 Å². The van der Waals surface area contributed by atoms with Gasteiger partial charge in [-0.1, -0.05) is 0 Å². The molecule has 1 saturated heterocycles. The second-order valence-corrected chi connectivity index (χ2v) is 5.75. The molecule has 1 aromatic rings. The number of piperidine rings is 1. The Kier molecular flexibility index (Phi) is 5.44. The number of nitrogens with one attached hydrogen (secondary N) is 2. The highest BCUT2D eigenvalue weighted by Gasteiger charge is 2.16. The fourth-order valence-electron chi connectivity index (χ4n) is 2.80. The first-order chi connectivity index (χ1) is 10.1. The Labute approximate surface area is 126 Å². The maximum Gasteiger partial charge on any atom is 0.221 e. The van der Waals surface area contributed by atoms with Gasteiger partial charge in [0, 0.05) is 31.8 Å². The molecule has 1 fully saturated rings. The van der Waals surface area contributed by atoms with Gasteiger partial charge in [0.2, 0.25) is 5.91 Å². The van der Waals surface area contributed by atoms with Gasteiger partial charge >= 0.3 is 0 Å². The molecule has 0 bridgehead atoms. The normalized spacial score (nSPS) is 19.1. The van der Waals surface area contributed by atoms with Crippen molar-refractivity contribution < 1.29 is 9.53 Å². The number of hydrogen-bond acceptors (Lipinski definition) is 4. The molecular weight excluding hydrogens is 266 g/mol. The van der Waals surface area contributed by atoms with E-state index in [-0.39, 0.29) is 5.91 Å². The summed E-state index contributed by atoms with van der Waals surface area (Å²) < 4.78 is 5.33. The Bertz CT molecular complexity index is 490. The number of likely N-dealkylation sites (tertiary alicyclic amines) is 1. The molecule has 5 nitrogen and oxygen atoms in total. The summed E-state index contributed by atoms with van der Waals surface area (Å²) in [5, 5.41) is 6.24. The smallest absolute Gasteiger partial charge is 0.221 e. The number of methoxy groups -OCH3 is 1. The molecule has 116 valence electrons. The minimum absolute atomic E-state index is 0.0979. The van der Waals surface area contributed by atoms with Crippen molar-refractivity contribution in [3.05, 3.63) is 18.2 Å². The molecule has 1 atom stereocenters. The van der Waals surface area contributed by atoms with E-state index in [2.05, 4.69) is 22.6 Å². The highest BCUT2D eigenvalue weighted by molar-refractivity contribution is 5.90. The second kappa shape index (κ2) is 7.31. The Morgan fingerprint density at radius 2 is 2.29 bits per heavy atom. The lowest BCUT2D eigenvalue weighted by atomic mass is 9.98. The molecule has 1 unspecified atom stereocenters. The Hall–Kier alpha value is -1.75. The van der Waals surface area contributed by atoms with Crippen molar-refractivity contribution in [2.75, 3.05) is 44.4 Å². The summed E-state index contributed by atoms with van der Waals surface area (Å²) in [6.45, 7) is 4.81. The Morgan fingerprint density at radius 1 is 1.48 bits per heavy atom. The molecule has 5 heteroatoms. The average Bonchev–Trinajstić information content (AvgIpc) is 2.45. The lowest BCUT2D eigenvalue weighted by Crippen LogP contribution is -2.35. The van der Waals surface area contributed by atoms with Crippen molar-refractivity contribution in [3.8, 4) is 5.75 Å². The van der Waals surface area contributed by atoms with Gasteiger partial charge in [0.1, 0.15) is 5.75 Å². The van der Waals surface area contributed by atoms with Crippen LogP contribution in [-0.2, 0) is 4.79 Å². The van der Waals surface area contributed by atoms with E-state index >= 15 is 0 Å². The van der Waals surface area contributed by atoms with Gasteiger partial charge in [0.05, 0.1) is 12.8 Å². The Morgan fingerprint density at radius 3 is 2.95 bits per heavy atom. The first kappa shape index (κ1) is 15.6. The predicted octanol–water partition coefficient (Wildman–Crippen LogP) is 2.41. The zero-order valence-electron chi connectivity index (χ0n) is 13.1. The van der Waals surface area contributed by atoms with Crippen LogP contribution in [0.25, 0.3) is 0 Å². The van der Waals surface area contributed by atoms with Gasteiger partial charge in [0.25, 0.3) is 0 Å². The van der Waals surface area contributed by atoms with E-state index in [1.54, 1.807) is 7.11 Å². The molecule has 1 amide bonds. The zero-order chi connectivity index (χ0) is 15.2. The van der Waals surface area contributed by atoms with Crippen molar-refractivity contribution >= 4 is 17.3 Å². The van der Waals surface area contributed by atoms with Crippen molar-refractivity contribution in [1.82, 2.24) is 4.90 Å².